The first-order chi connectivity index (χ1) is 8.26. The molecule has 0 aromatic carbocycles. The maximum Gasteiger partial charge on any atom is 0.225 e. The van der Waals surface area contributed by atoms with Gasteiger partial charge in [-0.2, -0.15) is 0 Å². The summed E-state index contributed by atoms with van der Waals surface area (Å²) >= 11 is 0. The van der Waals surface area contributed by atoms with Gasteiger partial charge in [0.2, 0.25) is 5.91 Å². The Morgan fingerprint density at radius 3 is 2.88 bits per heavy atom. The molecule has 17 heavy (non-hydrogen) atoms. The van der Waals surface area contributed by atoms with Gasteiger partial charge in [-0.1, -0.05) is 6.92 Å². The molecular weight excluding hydrogens is 216 g/mol. The predicted molar refractivity (Wildman–Crippen MR) is 69.9 cm³/mol. The fraction of sp³-hybridized carbons (Fsp3) is 0.500. The zero-order chi connectivity index (χ0) is 12.5. The third-order valence-corrected chi connectivity index (χ3v) is 2.22. The maximum absolute atomic E-state index is 11.4. The summed E-state index contributed by atoms with van der Waals surface area (Å²) in [6.45, 7) is 3.55. The monoisotopic (exact) mass is 236 g/mol. The number of nitrogens with zero attached hydrogens (tertiary/aromatic N) is 1. The molecule has 0 spiro atoms. The maximum atomic E-state index is 11.4. The average molecular weight is 236 g/mol. The molecule has 0 atom stereocenters. The summed E-state index contributed by atoms with van der Waals surface area (Å²) < 4.78 is 0. The van der Waals surface area contributed by atoms with Crippen LogP contribution in [0.1, 0.15) is 26.2 Å². The number of hydrogen-bond acceptors (Lipinski definition) is 4. The normalized spacial score (nSPS) is 10.0. The number of nitrogens with one attached hydrogen (secondary N) is 2. The Bertz CT molecular complexity index is 337. The van der Waals surface area contributed by atoms with Crippen LogP contribution in [0.25, 0.3) is 0 Å². The molecule has 5 nitrogen and oxygen atoms in total. The van der Waals surface area contributed by atoms with E-state index in [2.05, 4.69) is 22.5 Å². The van der Waals surface area contributed by atoms with Gasteiger partial charge in [0.15, 0.2) is 0 Å². The van der Waals surface area contributed by atoms with Gasteiger partial charge < -0.3 is 16.4 Å². The van der Waals surface area contributed by atoms with Crippen molar-refractivity contribution in [3.05, 3.63) is 18.3 Å². The number of carbonyl (C=O) groups excluding carboxylic acids is 1. The molecule has 0 unspecified atom stereocenters. The first-order valence-electron chi connectivity index (χ1n) is 5.96. The van der Waals surface area contributed by atoms with E-state index < -0.39 is 0 Å². The second-order valence-electron chi connectivity index (χ2n) is 3.80. The van der Waals surface area contributed by atoms with Crippen molar-refractivity contribution in [2.75, 3.05) is 23.7 Å². The molecule has 4 N–H and O–H groups in total. The number of nitrogens with two attached hydrogens (primary N) is 1. The van der Waals surface area contributed by atoms with Gasteiger partial charge in [-0.3, -0.25) is 4.79 Å². The van der Waals surface area contributed by atoms with Crippen molar-refractivity contribution < 1.29 is 4.79 Å². The van der Waals surface area contributed by atoms with Crippen molar-refractivity contribution in [2.45, 2.75) is 26.2 Å². The number of anilines is 2. The third-order valence-electron chi connectivity index (χ3n) is 2.22. The van der Waals surface area contributed by atoms with Crippen LogP contribution < -0.4 is 16.4 Å². The van der Waals surface area contributed by atoms with Crippen LogP contribution in [0.4, 0.5) is 11.5 Å². The van der Waals surface area contributed by atoms with Crippen molar-refractivity contribution in [3.63, 3.8) is 0 Å². The number of hydrogen-bond donors (Lipinski definition) is 3. The molecule has 0 aliphatic heterocycles. The fourth-order valence-corrected chi connectivity index (χ4v) is 1.31. The molecule has 0 radical (unpaired) electrons. The fourth-order valence-electron chi connectivity index (χ4n) is 1.31. The van der Waals surface area contributed by atoms with E-state index in [-0.39, 0.29) is 5.91 Å². The lowest BCUT2D eigenvalue weighted by Crippen LogP contribution is -2.14. The molecule has 1 rings (SSSR count). The van der Waals surface area contributed by atoms with Gasteiger partial charge in [0.25, 0.3) is 0 Å². The van der Waals surface area contributed by atoms with Crippen LogP contribution in [-0.4, -0.2) is 24.0 Å². The van der Waals surface area contributed by atoms with E-state index in [4.69, 9.17) is 5.73 Å². The average Bonchev–Trinajstić information content (AvgIpc) is 2.35. The van der Waals surface area contributed by atoms with E-state index in [9.17, 15) is 4.79 Å². The quantitative estimate of drug-likeness (QED) is 0.671. The Balaban J connectivity index is 2.42. The lowest BCUT2D eigenvalue weighted by molar-refractivity contribution is -0.116. The Kier molecular flexibility index (Phi) is 6.03. The molecule has 0 saturated heterocycles. The second kappa shape index (κ2) is 7.62. The number of rotatable bonds is 7. The molecule has 0 bridgehead atoms. The van der Waals surface area contributed by atoms with Crippen LogP contribution in [-0.2, 0) is 4.79 Å². The van der Waals surface area contributed by atoms with Gasteiger partial charge in [0, 0.05) is 13.0 Å². The number of carbonyl (C=O) groups is 1. The van der Waals surface area contributed by atoms with Crippen LogP contribution in [0, 0.1) is 0 Å². The summed E-state index contributed by atoms with van der Waals surface area (Å²) in [5.74, 6) is 0.534. The first-order valence-corrected chi connectivity index (χ1v) is 5.96. The smallest absolute Gasteiger partial charge is 0.225 e. The molecular formula is C12H20N4O. The molecule has 1 aromatic heterocycles. The number of amides is 1. The molecule has 94 valence electrons. The van der Waals surface area contributed by atoms with E-state index in [1.165, 1.54) is 0 Å². The Morgan fingerprint density at radius 1 is 1.47 bits per heavy atom. The SMILES string of the molecule is CCCNc1ccc(NC(=O)CCCN)nc1. The lowest BCUT2D eigenvalue weighted by Gasteiger charge is -2.06. The number of aromatic nitrogens is 1. The Morgan fingerprint density at radius 2 is 2.29 bits per heavy atom. The number of pyridine rings is 1. The van der Waals surface area contributed by atoms with Crippen molar-refractivity contribution in [3.8, 4) is 0 Å². The van der Waals surface area contributed by atoms with Crippen LogP contribution >= 0.6 is 0 Å². The largest absolute Gasteiger partial charge is 0.384 e. The van der Waals surface area contributed by atoms with E-state index in [1.54, 1.807) is 12.3 Å². The highest BCUT2D eigenvalue weighted by atomic mass is 16.1. The van der Waals surface area contributed by atoms with Gasteiger partial charge >= 0.3 is 0 Å². The van der Waals surface area contributed by atoms with Crippen molar-refractivity contribution in [1.82, 2.24) is 4.98 Å². The second-order valence-corrected chi connectivity index (χ2v) is 3.80. The van der Waals surface area contributed by atoms with Gasteiger partial charge in [0.1, 0.15) is 5.82 Å². The Labute approximate surface area is 102 Å². The van der Waals surface area contributed by atoms with Gasteiger partial charge in [-0.15, -0.1) is 0 Å². The van der Waals surface area contributed by atoms with E-state index >= 15 is 0 Å². The van der Waals surface area contributed by atoms with Crippen molar-refractivity contribution in [2.24, 2.45) is 5.73 Å². The van der Waals surface area contributed by atoms with E-state index in [1.807, 2.05) is 6.07 Å². The van der Waals surface area contributed by atoms with Gasteiger partial charge in [-0.25, -0.2) is 4.98 Å². The molecule has 0 aliphatic carbocycles. The van der Waals surface area contributed by atoms with Crippen LogP contribution in [0.2, 0.25) is 0 Å². The minimum absolute atomic E-state index is 0.0442. The minimum Gasteiger partial charge on any atom is -0.384 e. The summed E-state index contributed by atoms with van der Waals surface area (Å²) in [6, 6.07) is 3.69. The zero-order valence-corrected chi connectivity index (χ0v) is 10.2. The van der Waals surface area contributed by atoms with Gasteiger partial charge in [0.05, 0.1) is 11.9 Å². The van der Waals surface area contributed by atoms with Crippen LogP contribution in [0.15, 0.2) is 18.3 Å². The summed E-state index contributed by atoms with van der Waals surface area (Å²) in [5.41, 5.74) is 6.30. The molecule has 0 saturated carbocycles. The molecule has 1 amide bonds. The third kappa shape index (κ3) is 5.31. The first kappa shape index (κ1) is 13.4. The topological polar surface area (TPSA) is 80.0 Å². The zero-order valence-electron chi connectivity index (χ0n) is 10.2. The van der Waals surface area contributed by atoms with Crippen molar-refractivity contribution >= 4 is 17.4 Å². The molecule has 0 aliphatic rings. The van der Waals surface area contributed by atoms with E-state index in [0.29, 0.717) is 25.2 Å². The minimum atomic E-state index is -0.0442. The van der Waals surface area contributed by atoms with Gasteiger partial charge in [-0.05, 0) is 31.5 Å². The lowest BCUT2D eigenvalue weighted by atomic mass is 10.3. The molecule has 0 fully saturated rings. The molecule has 5 heteroatoms. The summed E-state index contributed by atoms with van der Waals surface area (Å²) in [6.07, 6.45) is 3.92. The molecule has 1 heterocycles. The van der Waals surface area contributed by atoms with Crippen molar-refractivity contribution in [1.29, 1.82) is 0 Å². The summed E-state index contributed by atoms with van der Waals surface area (Å²) in [5, 5.41) is 5.94. The summed E-state index contributed by atoms with van der Waals surface area (Å²) in [7, 11) is 0. The predicted octanol–water partition coefficient (Wildman–Crippen LogP) is 1.58. The Hall–Kier alpha value is -1.62. The molecule has 1 aromatic rings. The highest BCUT2D eigenvalue weighted by Gasteiger charge is 2.02. The summed E-state index contributed by atoms with van der Waals surface area (Å²) in [4.78, 5) is 15.6. The van der Waals surface area contributed by atoms with E-state index in [0.717, 1.165) is 18.7 Å². The highest BCUT2D eigenvalue weighted by Crippen LogP contribution is 2.09. The van der Waals surface area contributed by atoms with Crippen LogP contribution in [0.5, 0.6) is 0 Å². The highest BCUT2D eigenvalue weighted by molar-refractivity contribution is 5.89. The van der Waals surface area contributed by atoms with Crippen LogP contribution in [0.3, 0.4) is 0 Å². The standard InChI is InChI=1S/C12H20N4O/c1-2-8-14-10-5-6-11(15-9-10)16-12(17)4-3-7-13/h5-6,9,14H,2-4,7-8,13H2,1H3,(H,15,16,17).